The molecule has 0 fully saturated rings. The predicted octanol–water partition coefficient (Wildman–Crippen LogP) is 2.39. The monoisotopic (exact) mass is 371 g/mol. The molecule has 1 heterocycles. The Morgan fingerprint density at radius 1 is 1.48 bits per heavy atom. The normalized spacial score (nSPS) is 12.0. The summed E-state index contributed by atoms with van der Waals surface area (Å²) >= 11 is 9.08. The fraction of sp³-hybridized carbons (Fsp3) is 0.154. The Morgan fingerprint density at radius 3 is 2.76 bits per heavy atom. The number of carboxylic acid groups (broad SMARTS) is 1. The van der Waals surface area contributed by atoms with E-state index in [1.165, 1.54) is 23.1 Å². The van der Waals surface area contributed by atoms with Crippen LogP contribution in [0.2, 0.25) is 5.02 Å². The average Bonchev–Trinajstić information content (AvgIpc) is 2.84. The Labute approximate surface area is 133 Å². The van der Waals surface area contributed by atoms with Crippen molar-refractivity contribution in [3.8, 4) is 0 Å². The van der Waals surface area contributed by atoms with Gasteiger partial charge >= 0.3 is 5.97 Å². The number of amides is 1. The van der Waals surface area contributed by atoms with Crippen molar-refractivity contribution in [1.82, 2.24) is 15.1 Å². The van der Waals surface area contributed by atoms with Gasteiger partial charge in [0.05, 0.1) is 11.8 Å². The van der Waals surface area contributed by atoms with E-state index in [-0.39, 0.29) is 5.56 Å². The smallest absolute Gasteiger partial charge is 0.331 e. The summed E-state index contributed by atoms with van der Waals surface area (Å²) in [5, 5.41) is 16.0. The van der Waals surface area contributed by atoms with Crippen molar-refractivity contribution < 1.29 is 14.7 Å². The molecule has 1 atom stereocenters. The molecule has 2 aromatic rings. The number of nitrogens with one attached hydrogen (secondary N) is 1. The van der Waals surface area contributed by atoms with Gasteiger partial charge in [-0.05, 0) is 34.1 Å². The van der Waals surface area contributed by atoms with Crippen molar-refractivity contribution in [3.05, 3.63) is 51.2 Å². The summed E-state index contributed by atoms with van der Waals surface area (Å²) in [5.41, 5.74) is 0.647. The molecule has 8 heteroatoms. The maximum atomic E-state index is 12.2. The molecule has 110 valence electrons. The molecule has 1 aromatic carbocycles. The molecule has 21 heavy (non-hydrogen) atoms. The number of carboxylic acids is 1. The van der Waals surface area contributed by atoms with Gasteiger partial charge in [-0.15, -0.1) is 0 Å². The first kappa shape index (κ1) is 15.5. The molecule has 1 unspecified atom stereocenters. The molecule has 2 rings (SSSR count). The highest BCUT2D eigenvalue weighted by molar-refractivity contribution is 9.10. The van der Waals surface area contributed by atoms with Gasteiger partial charge in [0.2, 0.25) is 0 Å². The van der Waals surface area contributed by atoms with E-state index in [0.29, 0.717) is 15.1 Å². The number of nitrogens with zero attached hydrogens (tertiary/aromatic N) is 2. The predicted molar refractivity (Wildman–Crippen MR) is 80.2 cm³/mol. The minimum Gasteiger partial charge on any atom is -0.479 e. The number of rotatable bonds is 4. The van der Waals surface area contributed by atoms with Gasteiger partial charge < -0.3 is 10.4 Å². The average molecular weight is 373 g/mol. The number of carbonyl (C=O) groups excluding carboxylic acids is 1. The molecule has 1 aromatic heterocycles. The second-order valence-electron chi connectivity index (χ2n) is 4.32. The maximum Gasteiger partial charge on any atom is 0.331 e. The number of aliphatic carboxylic acids is 1. The summed E-state index contributed by atoms with van der Waals surface area (Å²) in [6, 6.07) is 3.52. The third-order valence-electron chi connectivity index (χ3n) is 2.75. The van der Waals surface area contributed by atoms with Crippen molar-refractivity contribution in [3.63, 3.8) is 0 Å². The zero-order valence-corrected chi connectivity index (χ0v) is 13.2. The highest BCUT2D eigenvalue weighted by Gasteiger charge is 2.24. The van der Waals surface area contributed by atoms with Crippen LogP contribution in [0.1, 0.15) is 22.0 Å². The van der Waals surface area contributed by atoms with E-state index in [1.807, 2.05) is 0 Å². The molecular formula is C13H11BrClN3O3. The molecule has 0 saturated heterocycles. The van der Waals surface area contributed by atoms with E-state index in [9.17, 15) is 14.7 Å². The van der Waals surface area contributed by atoms with Gasteiger partial charge in [-0.2, -0.15) is 5.10 Å². The number of aromatic nitrogens is 2. The summed E-state index contributed by atoms with van der Waals surface area (Å²) in [6.07, 6.45) is 2.93. The van der Waals surface area contributed by atoms with Crippen molar-refractivity contribution in [2.24, 2.45) is 7.05 Å². The SMILES string of the molecule is Cn1cc(C(NC(=O)c2cc(Cl)ccc2Br)C(=O)O)cn1. The van der Waals surface area contributed by atoms with Crippen LogP contribution in [0.4, 0.5) is 0 Å². The van der Waals surface area contributed by atoms with Crippen LogP contribution in [0.3, 0.4) is 0 Å². The first-order valence-corrected chi connectivity index (χ1v) is 7.03. The minimum atomic E-state index is -1.18. The second-order valence-corrected chi connectivity index (χ2v) is 5.61. The van der Waals surface area contributed by atoms with Gasteiger partial charge in [0.25, 0.3) is 5.91 Å². The Kier molecular flexibility index (Phi) is 4.64. The Balaban J connectivity index is 2.27. The lowest BCUT2D eigenvalue weighted by Crippen LogP contribution is -2.33. The highest BCUT2D eigenvalue weighted by atomic mass is 79.9. The third-order valence-corrected chi connectivity index (χ3v) is 3.68. The maximum absolute atomic E-state index is 12.2. The fourth-order valence-corrected chi connectivity index (χ4v) is 2.36. The third kappa shape index (κ3) is 3.62. The molecule has 0 spiro atoms. The standard InChI is InChI=1S/C13H11BrClN3O3/c1-18-6-7(5-16-18)11(13(20)21)17-12(19)9-4-8(15)2-3-10(9)14/h2-6,11H,1H3,(H,17,19)(H,20,21). The van der Waals surface area contributed by atoms with Gasteiger partial charge in [0.1, 0.15) is 0 Å². The number of hydrogen-bond acceptors (Lipinski definition) is 3. The van der Waals surface area contributed by atoms with Crippen LogP contribution in [0.5, 0.6) is 0 Å². The van der Waals surface area contributed by atoms with Crippen LogP contribution in [-0.4, -0.2) is 26.8 Å². The van der Waals surface area contributed by atoms with E-state index in [4.69, 9.17) is 11.6 Å². The van der Waals surface area contributed by atoms with E-state index in [0.717, 1.165) is 0 Å². The summed E-state index contributed by atoms with van der Waals surface area (Å²) in [5.74, 6) is -1.71. The number of halogens is 2. The lowest BCUT2D eigenvalue weighted by molar-refractivity contribution is -0.139. The molecule has 2 N–H and O–H groups in total. The lowest BCUT2D eigenvalue weighted by Gasteiger charge is -2.13. The summed E-state index contributed by atoms with van der Waals surface area (Å²) < 4.78 is 1.99. The molecule has 0 radical (unpaired) electrons. The first-order valence-electron chi connectivity index (χ1n) is 5.85. The second kappa shape index (κ2) is 6.28. The Bertz CT molecular complexity index is 702. The first-order chi connectivity index (χ1) is 9.88. The summed E-state index contributed by atoms with van der Waals surface area (Å²) in [4.78, 5) is 23.6. The number of aryl methyl sites for hydroxylation is 1. The summed E-state index contributed by atoms with van der Waals surface area (Å²) in [7, 11) is 1.66. The van der Waals surface area contributed by atoms with Crippen molar-refractivity contribution in [2.45, 2.75) is 6.04 Å². The van der Waals surface area contributed by atoms with Gasteiger partial charge in [-0.3, -0.25) is 9.48 Å². The topological polar surface area (TPSA) is 84.2 Å². The molecule has 6 nitrogen and oxygen atoms in total. The Hall–Kier alpha value is -1.86. The molecule has 0 bridgehead atoms. The van der Waals surface area contributed by atoms with E-state index >= 15 is 0 Å². The fourth-order valence-electron chi connectivity index (χ4n) is 1.76. The number of hydrogen-bond donors (Lipinski definition) is 2. The summed E-state index contributed by atoms with van der Waals surface area (Å²) in [6.45, 7) is 0. The number of carbonyl (C=O) groups is 2. The molecule has 0 aliphatic rings. The number of benzene rings is 1. The van der Waals surface area contributed by atoms with Crippen LogP contribution >= 0.6 is 27.5 Å². The van der Waals surface area contributed by atoms with Crippen LogP contribution in [0.15, 0.2) is 35.1 Å². The van der Waals surface area contributed by atoms with Crippen molar-refractivity contribution in [1.29, 1.82) is 0 Å². The van der Waals surface area contributed by atoms with Crippen molar-refractivity contribution >= 4 is 39.4 Å². The zero-order valence-electron chi connectivity index (χ0n) is 10.9. The van der Waals surface area contributed by atoms with Crippen LogP contribution in [0, 0.1) is 0 Å². The van der Waals surface area contributed by atoms with E-state index < -0.39 is 17.9 Å². The molecular weight excluding hydrogens is 362 g/mol. The van der Waals surface area contributed by atoms with Crippen LogP contribution in [-0.2, 0) is 11.8 Å². The highest BCUT2D eigenvalue weighted by Crippen LogP contribution is 2.22. The lowest BCUT2D eigenvalue weighted by atomic mass is 10.1. The van der Waals surface area contributed by atoms with Crippen molar-refractivity contribution in [2.75, 3.05) is 0 Å². The molecule has 0 aliphatic heterocycles. The van der Waals surface area contributed by atoms with E-state index in [2.05, 4.69) is 26.3 Å². The minimum absolute atomic E-state index is 0.262. The molecule has 1 amide bonds. The Morgan fingerprint density at radius 2 is 2.19 bits per heavy atom. The van der Waals surface area contributed by atoms with Gasteiger partial charge in [-0.25, -0.2) is 4.79 Å². The molecule has 0 saturated carbocycles. The van der Waals surface area contributed by atoms with Crippen LogP contribution < -0.4 is 5.32 Å². The zero-order chi connectivity index (χ0) is 15.6. The largest absolute Gasteiger partial charge is 0.479 e. The van der Waals surface area contributed by atoms with Crippen LogP contribution in [0.25, 0.3) is 0 Å². The quantitative estimate of drug-likeness (QED) is 0.863. The van der Waals surface area contributed by atoms with Gasteiger partial charge in [0, 0.05) is 28.3 Å². The molecule has 0 aliphatic carbocycles. The van der Waals surface area contributed by atoms with E-state index in [1.54, 1.807) is 19.2 Å². The van der Waals surface area contributed by atoms with Gasteiger partial charge in [-0.1, -0.05) is 11.6 Å². The van der Waals surface area contributed by atoms with Gasteiger partial charge in [0.15, 0.2) is 6.04 Å².